The minimum atomic E-state index is -0.944. The van der Waals surface area contributed by atoms with Gasteiger partial charge in [0.1, 0.15) is 11.9 Å². The van der Waals surface area contributed by atoms with Crippen LogP contribution in [0.5, 0.6) is 0 Å². The van der Waals surface area contributed by atoms with Crippen LogP contribution in [0.15, 0.2) is 24.3 Å². The molecule has 1 fully saturated rings. The summed E-state index contributed by atoms with van der Waals surface area (Å²) in [4.78, 5) is 25.2. The molecule has 1 aliphatic heterocycles. The van der Waals surface area contributed by atoms with Gasteiger partial charge < -0.3 is 10.0 Å². The van der Waals surface area contributed by atoms with E-state index in [1.165, 1.54) is 17.0 Å². The van der Waals surface area contributed by atoms with Gasteiger partial charge in [0.2, 0.25) is 5.91 Å². The van der Waals surface area contributed by atoms with Gasteiger partial charge in [0, 0.05) is 6.54 Å². The van der Waals surface area contributed by atoms with Crippen molar-refractivity contribution in [2.24, 2.45) is 5.92 Å². The molecule has 2 atom stereocenters. The van der Waals surface area contributed by atoms with E-state index in [1.807, 2.05) is 6.92 Å². The second-order valence-electron chi connectivity index (χ2n) is 5.54. The second kappa shape index (κ2) is 6.70. The van der Waals surface area contributed by atoms with Crippen molar-refractivity contribution < 1.29 is 19.1 Å². The third-order valence-electron chi connectivity index (χ3n) is 4.16. The fraction of sp³-hybridized carbons (Fsp3) is 0.500. The van der Waals surface area contributed by atoms with Gasteiger partial charge in [-0.1, -0.05) is 25.5 Å². The number of hydrogen-bond donors (Lipinski definition) is 1. The molecule has 1 heterocycles. The van der Waals surface area contributed by atoms with Crippen LogP contribution in [0.4, 0.5) is 4.39 Å². The highest BCUT2D eigenvalue weighted by Gasteiger charge is 2.35. The molecular weight excluding hydrogens is 273 g/mol. The van der Waals surface area contributed by atoms with Crippen molar-refractivity contribution in [3.05, 3.63) is 35.6 Å². The SMILES string of the molecule is CCC1CCN(C(=O)Cc2ccc(F)cc2)C(C(=O)O)C1. The summed E-state index contributed by atoms with van der Waals surface area (Å²) in [7, 11) is 0. The number of halogens is 1. The number of amides is 1. The summed E-state index contributed by atoms with van der Waals surface area (Å²) in [5.74, 6) is -1.14. The number of carbonyl (C=O) groups excluding carboxylic acids is 1. The molecule has 2 unspecified atom stereocenters. The molecule has 1 aliphatic rings. The number of nitrogens with zero attached hydrogens (tertiary/aromatic N) is 1. The van der Waals surface area contributed by atoms with Crippen LogP contribution in [0, 0.1) is 11.7 Å². The fourth-order valence-electron chi connectivity index (χ4n) is 2.82. The average Bonchev–Trinajstić information content (AvgIpc) is 2.48. The maximum atomic E-state index is 12.9. The van der Waals surface area contributed by atoms with Gasteiger partial charge in [0.25, 0.3) is 0 Å². The van der Waals surface area contributed by atoms with Crippen LogP contribution in [-0.4, -0.2) is 34.5 Å². The largest absolute Gasteiger partial charge is 0.480 e. The Morgan fingerprint density at radius 2 is 2.00 bits per heavy atom. The lowest BCUT2D eigenvalue weighted by Gasteiger charge is -2.37. The Bertz CT molecular complexity index is 515. The highest BCUT2D eigenvalue weighted by Crippen LogP contribution is 2.26. The maximum absolute atomic E-state index is 12.9. The molecule has 0 bridgehead atoms. The Labute approximate surface area is 123 Å². The number of piperidine rings is 1. The quantitative estimate of drug-likeness (QED) is 0.927. The molecule has 1 saturated heterocycles. The van der Waals surface area contributed by atoms with Crippen molar-refractivity contribution >= 4 is 11.9 Å². The number of carboxylic acids is 1. The Balaban J connectivity index is 2.06. The number of hydrogen-bond acceptors (Lipinski definition) is 2. The fourth-order valence-corrected chi connectivity index (χ4v) is 2.82. The van der Waals surface area contributed by atoms with Gasteiger partial charge in [-0.05, 0) is 36.5 Å². The predicted molar refractivity (Wildman–Crippen MR) is 76.3 cm³/mol. The van der Waals surface area contributed by atoms with Gasteiger partial charge in [-0.25, -0.2) is 9.18 Å². The first-order valence-corrected chi connectivity index (χ1v) is 7.28. The van der Waals surface area contributed by atoms with E-state index >= 15 is 0 Å². The molecule has 0 aliphatic carbocycles. The van der Waals surface area contributed by atoms with E-state index in [2.05, 4.69) is 0 Å². The number of benzene rings is 1. The summed E-state index contributed by atoms with van der Waals surface area (Å²) in [5.41, 5.74) is 0.697. The summed E-state index contributed by atoms with van der Waals surface area (Å²) in [6.07, 6.45) is 2.40. The minimum absolute atomic E-state index is 0.112. The highest BCUT2D eigenvalue weighted by atomic mass is 19.1. The molecule has 2 rings (SSSR count). The van der Waals surface area contributed by atoms with E-state index in [0.29, 0.717) is 24.4 Å². The lowest BCUT2D eigenvalue weighted by atomic mass is 9.88. The monoisotopic (exact) mass is 293 g/mol. The smallest absolute Gasteiger partial charge is 0.326 e. The highest BCUT2D eigenvalue weighted by molar-refractivity contribution is 5.85. The van der Waals surface area contributed by atoms with Crippen molar-refractivity contribution in [2.75, 3.05) is 6.54 Å². The molecule has 0 aromatic heterocycles. The van der Waals surface area contributed by atoms with Crippen LogP contribution < -0.4 is 0 Å². The van der Waals surface area contributed by atoms with Crippen LogP contribution in [0.25, 0.3) is 0 Å². The molecule has 1 aromatic carbocycles. The van der Waals surface area contributed by atoms with Crippen molar-refractivity contribution in [1.29, 1.82) is 0 Å². The maximum Gasteiger partial charge on any atom is 0.326 e. The normalized spacial score (nSPS) is 22.1. The lowest BCUT2D eigenvalue weighted by molar-refractivity contribution is -0.152. The van der Waals surface area contributed by atoms with Crippen LogP contribution in [0.1, 0.15) is 31.7 Å². The van der Waals surface area contributed by atoms with Gasteiger partial charge in [-0.15, -0.1) is 0 Å². The van der Waals surface area contributed by atoms with Crippen molar-refractivity contribution in [3.8, 4) is 0 Å². The molecule has 1 amide bonds. The van der Waals surface area contributed by atoms with E-state index in [1.54, 1.807) is 12.1 Å². The summed E-state index contributed by atoms with van der Waals surface area (Å²) >= 11 is 0. The summed E-state index contributed by atoms with van der Waals surface area (Å²) in [5, 5.41) is 9.33. The van der Waals surface area contributed by atoms with Gasteiger partial charge >= 0.3 is 5.97 Å². The first-order valence-electron chi connectivity index (χ1n) is 7.28. The number of rotatable bonds is 4. The molecule has 1 N–H and O–H groups in total. The molecule has 5 heteroatoms. The van der Waals surface area contributed by atoms with Crippen molar-refractivity contribution in [3.63, 3.8) is 0 Å². The van der Waals surface area contributed by atoms with Gasteiger partial charge in [-0.2, -0.15) is 0 Å². The van der Waals surface area contributed by atoms with E-state index in [-0.39, 0.29) is 18.1 Å². The van der Waals surface area contributed by atoms with Gasteiger partial charge in [-0.3, -0.25) is 4.79 Å². The molecule has 114 valence electrons. The Hall–Kier alpha value is -1.91. The third-order valence-corrected chi connectivity index (χ3v) is 4.16. The van der Waals surface area contributed by atoms with Crippen molar-refractivity contribution in [2.45, 2.75) is 38.6 Å². The second-order valence-corrected chi connectivity index (χ2v) is 5.54. The van der Waals surface area contributed by atoms with E-state index in [9.17, 15) is 19.1 Å². The van der Waals surface area contributed by atoms with Gasteiger partial charge in [0.05, 0.1) is 6.42 Å². The Morgan fingerprint density at radius 3 is 2.57 bits per heavy atom. The number of aliphatic carboxylic acids is 1. The summed E-state index contributed by atoms with van der Waals surface area (Å²) in [6.45, 7) is 2.52. The molecule has 21 heavy (non-hydrogen) atoms. The molecule has 0 spiro atoms. The average molecular weight is 293 g/mol. The zero-order valence-corrected chi connectivity index (χ0v) is 12.1. The van der Waals surface area contributed by atoms with Crippen LogP contribution >= 0.6 is 0 Å². The molecule has 1 aromatic rings. The molecule has 0 radical (unpaired) electrons. The van der Waals surface area contributed by atoms with E-state index in [4.69, 9.17) is 0 Å². The zero-order chi connectivity index (χ0) is 15.4. The molecule has 4 nitrogen and oxygen atoms in total. The van der Waals surface area contributed by atoms with E-state index in [0.717, 1.165) is 12.8 Å². The third kappa shape index (κ3) is 3.80. The zero-order valence-electron chi connectivity index (χ0n) is 12.1. The first kappa shape index (κ1) is 15.5. The topological polar surface area (TPSA) is 57.6 Å². The van der Waals surface area contributed by atoms with Crippen LogP contribution in [-0.2, 0) is 16.0 Å². The predicted octanol–water partition coefficient (Wildman–Crippen LogP) is 2.47. The van der Waals surface area contributed by atoms with E-state index < -0.39 is 12.0 Å². The summed E-state index contributed by atoms with van der Waals surface area (Å²) in [6, 6.07) is 4.99. The van der Waals surface area contributed by atoms with Gasteiger partial charge in [0.15, 0.2) is 0 Å². The lowest BCUT2D eigenvalue weighted by Crippen LogP contribution is -2.50. The van der Waals surface area contributed by atoms with Crippen LogP contribution in [0.3, 0.4) is 0 Å². The standard InChI is InChI=1S/C16H20FNO3/c1-2-11-7-8-18(14(9-11)16(20)21)15(19)10-12-3-5-13(17)6-4-12/h3-6,11,14H,2,7-10H2,1H3,(H,20,21). The van der Waals surface area contributed by atoms with Crippen LogP contribution in [0.2, 0.25) is 0 Å². The number of carbonyl (C=O) groups is 2. The molecule has 0 saturated carbocycles. The molecular formula is C16H20FNO3. The Morgan fingerprint density at radius 1 is 1.33 bits per heavy atom. The minimum Gasteiger partial charge on any atom is -0.480 e. The number of likely N-dealkylation sites (tertiary alicyclic amines) is 1. The van der Waals surface area contributed by atoms with Crippen molar-refractivity contribution in [1.82, 2.24) is 4.90 Å². The Kier molecular flexibility index (Phi) is 4.94. The first-order chi connectivity index (χ1) is 10.0. The number of carboxylic acid groups (broad SMARTS) is 1. The summed E-state index contributed by atoms with van der Waals surface area (Å²) < 4.78 is 12.9.